The van der Waals surface area contributed by atoms with Gasteiger partial charge in [0, 0.05) is 5.69 Å². The molecule has 0 heterocycles. The van der Waals surface area contributed by atoms with E-state index in [-0.39, 0.29) is 0 Å². The summed E-state index contributed by atoms with van der Waals surface area (Å²) < 4.78 is 0. The maximum absolute atomic E-state index is 6.24. The van der Waals surface area contributed by atoms with Gasteiger partial charge in [0.15, 0.2) is 0 Å². The Kier molecular flexibility index (Phi) is 3.77. The molecule has 0 amide bonds. The SMILES string of the molecule is CCCCCCc1c(N)ccc2c1Cc1ccccc1-2. The zero-order valence-electron chi connectivity index (χ0n) is 12.3. The first-order valence-electron chi connectivity index (χ1n) is 7.79. The van der Waals surface area contributed by atoms with Gasteiger partial charge in [0.05, 0.1) is 0 Å². The zero-order chi connectivity index (χ0) is 13.9. The Morgan fingerprint density at radius 2 is 1.80 bits per heavy atom. The number of hydrogen-bond acceptors (Lipinski definition) is 1. The van der Waals surface area contributed by atoms with E-state index in [1.807, 2.05) is 0 Å². The average Bonchev–Trinajstić information content (AvgIpc) is 2.84. The minimum Gasteiger partial charge on any atom is -0.398 e. The normalized spacial score (nSPS) is 12.2. The van der Waals surface area contributed by atoms with Crippen LogP contribution in [0.25, 0.3) is 11.1 Å². The minimum absolute atomic E-state index is 0.980. The van der Waals surface area contributed by atoms with Gasteiger partial charge in [-0.25, -0.2) is 0 Å². The monoisotopic (exact) mass is 265 g/mol. The van der Waals surface area contributed by atoms with Crippen molar-refractivity contribution in [2.24, 2.45) is 0 Å². The van der Waals surface area contributed by atoms with Crippen LogP contribution in [0.3, 0.4) is 0 Å². The molecule has 1 aliphatic carbocycles. The first kappa shape index (κ1) is 13.2. The molecule has 0 radical (unpaired) electrons. The van der Waals surface area contributed by atoms with Gasteiger partial charge >= 0.3 is 0 Å². The zero-order valence-corrected chi connectivity index (χ0v) is 12.3. The van der Waals surface area contributed by atoms with Crippen LogP contribution in [0.4, 0.5) is 5.69 Å². The predicted octanol–water partition coefficient (Wildman–Crippen LogP) is 4.96. The highest BCUT2D eigenvalue weighted by Gasteiger charge is 2.21. The van der Waals surface area contributed by atoms with Gasteiger partial charge in [0.25, 0.3) is 0 Å². The summed E-state index contributed by atoms with van der Waals surface area (Å²) in [5.74, 6) is 0. The number of nitrogens with two attached hydrogens (primary N) is 1. The van der Waals surface area contributed by atoms with Crippen molar-refractivity contribution < 1.29 is 0 Å². The summed E-state index contributed by atoms with van der Waals surface area (Å²) in [5.41, 5.74) is 14.3. The molecule has 1 nitrogen and oxygen atoms in total. The number of benzene rings is 2. The van der Waals surface area contributed by atoms with Gasteiger partial charge in [0.2, 0.25) is 0 Å². The lowest BCUT2D eigenvalue weighted by Gasteiger charge is -2.12. The van der Waals surface area contributed by atoms with E-state index in [4.69, 9.17) is 5.73 Å². The molecule has 2 aromatic rings. The summed E-state index contributed by atoms with van der Waals surface area (Å²) in [4.78, 5) is 0. The van der Waals surface area contributed by atoms with E-state index < -0.39 is 0 Å². The van der Waals surface area contributed by atoms with Gasteiger partial charge in [-0.15, -0.1) is 0 Å². The lowest BCUT2D eigenvalue weighted by Crippen LogP contribution is -2.00. The van der Waals surface area contributed by atoms with Gasteiger partial charge in [-0.05, 0) is 53.1 Å². The Labute approximate surface area is 121 Å². The molecule has 0 bridgehead atoms. The van der Waals surface area contributed by atoms with E-state index in [1.54, 1.807) is 0 Å². The van der Waals surface area contributed by atoms with Crippen molar-refractivity contribution in [1.82, 2.24) is 0 Å². The molecule has 104 valence electrons. The van der Waals surface area contributed by atoms with E-state index in [0.29, 0.717) is 0 Å². The van der Waals surface area contributed by atoms with E-state index in [1.165, 1.54) is 53.5 Å². The quantitative estimate of drug-likeness (QED) is 0.512. The second-order valence-electron chi connectivity index (χ2n) is 5.80. The molecule has 20 heavy (non-hydrogen) atoms. The van der Waals surface area contributed by atoms with Gasteiger partial charge in [-0.1, -0.05) is 56.5 Å². The van der Waals surface area contributed by atoms with Gasteiger partial charge in [-0.3, -0.25) is 0 Å². The van der Waals surface area contributed by atoms with Crippen molar-refractivity contribution in [3.63, 3.8) is 0 Å². The smallest absolute Gasteiger partial charge is 0.0349 e. The minimum atomic E-state index is 0.980. The molecule has 2 aromatic carbocycles. The number of nitrogen functional groups attached to an aromatic ring is 1. The predicted molar refractivity (Wildman–Crippen MR) is 86.9 cm³/mol. The third-order valence-electron chi connectivity index (χ3n) is 4.42. The van der Waals surface area contributed by atoms with Crippen LogP contribution in [0.1, 0.15) is 49.3 Å². The van der Waals surface area contributed by atoms with Crippen molar-refractivity contribution in [1.29, 1.82) is 0 Å². The highest BCUT2D eigenvalue weighted by molar-refractivity contribution is 5.80. The maximum atomic E-state index is 6.24. The number of unbranched alkanes of at least 4 members (excludes halogenated alkanes) is 3. The first-order chi connectivity index (χ1) is 9.81. The molecule has 3 rings (SSSR count). The Bertz CT molecular complexity index is 613. The standard InChI is InChI=1S/C19H23N/c1-2-3-4-5-10-17-18-13-14-8-6-7-9-15(14)16(18)11-12-19(17)20/h6-9,11-12H,2-5,10,13,20H2,1H3. The van der Waals surface area contributed by atoms with E-state index in [0.717, 1.165) is 18.5 Å². The molecule has 1 heteroatoms. The van der Waals surface area contributed by atoms with Crippen molar-refractivity contribution in [2.45, 2.75) is 45.4 Å². The fourth-order valence-corrected chi connectivity index (χ4v) is 3.32. The Morgan fingerprint density at radius 1 is 0.950 bits per heavy atom. The van der Waals surface area contributed by atoms with Crippen LogP contribution in [0.5, 0.6) is 0 Å². The van der Waals surface area contributed by atoms with Crippen LogP contribution < -0.4 is 5.73 Å². The summed E-state index contributed by atoms with van der Waals surface area (Å²) in [6.45, 7) is 2.26. The van der Waals surface area contributed by atoms with Crippen LogP contribution in [-0.4, -0.2) is 0 Å². The summed E-state index contributed by atoms with van der Waals surface area (Å²) in [6.07, 6.45) is 7.36. The third kappa shape index (κ3) is 2.33. The van der Waals surface area contributed by atoms with Crippen LogP contribution in [-0.2, 0) is 12.8 Å². The summed E-state index contributed by atoms with van der Waals surface area (Å²) in [5, 5.41) is 0. The number of rotatable bonds is 5. The van der Waals surface area contributed by atoms with E-state index in [2.05, 4.69) is 43.3 Å². The van der Waals surface area contributed by atoms with E-state index >= 15 is 0 Å². The Morgan fingerprint density at radius 3 is 2.65 bits per heavy atom. The topological polar surface area (TPSA) is 26.0 Å². The molecule has 0 spiro atoms. The van der Waals surface area contributed by atoms with Crippen molar-refractivity contribution >= 4 is 5.69 Å². The highest BCUT2D eigenvalue weighted by atomic mass is 14.6. The molecule has 0 saturated carbocycles. The number of anilines is 1. The maximum Gasteiger partial charge on any atom is 0.0349 e. The van der Waals surface area contributed by atoms with Crippen LogP contribution >= 0.6 is 0 Å². The molecule has 0 aliphatic heterocycles. The number of hydrogen-bond donors (Lipinski definition) is 1. The van der Waals surface area contributed by atoms with Crippen molar-refractivity contribution in [2.75, 3.05) is 5.73 Å². The molecular weight excluding hydrogens is 242 g/mol. The van der Waals surface area contributed by atoms with Crippen LogP contribution in [0.2, 0.25) is 0 Å². The molecule has 0 unspecified atom stereocenters. The molecule has 0 saturated heterocycles. The van der Waals surface area contributed by atoms with Crippen molar-refractivity contribution in [3.8, 4) is 11.1 Å². The summed E-state index contributed by atoms with van der Waals surface area (Å²) in [7, 11) is 0. The summed E-state index contributed by atoms with van der Waals surface area (Å²) in [6, 6.07) is 13.0. The average molecular weight is 265 g/mol. The largest absolute Gasteiger partial charge is 0.398 e. The highest BCUT2D eigenvalue weighted by Crippen LogP contribution is 2.40. The fraction of sp³-hybridized carbons (Fsp3) is 0.368. The third-order valence-corrected chi connectivity index (χ3v) is 4.42. The lowest BCUT2D eigenvalue weighted by atomic mass is 9.95. The molecule has 0 aromatic heterocycles. The number of fused-ring (bicyclic) bond motifs is 3. The van der Waals surface area contributed by atoms with Crippen molar-refractivity contribution in [3.05, 3.63) is 53.1 Å². The second kappa shape index (κ2) is 5.70. The fourth-order valence-electron chi connectivity index (χ4n) is 3.32. The van der Waals surface area contributed by atoms with Crippen LogP contribution in [0, 0.1) is 0 Å². The van der Waals surface area contributed by atoms with Gasteiger partial charge in [0.1, 0.15) is 0 Å². The van der Waals surface area contributed by atoms with E-state index in [9.17, 15) is 0 Å². The molecular formula is C19H23N. The Balaban J connectivity index is 1.89. The van der Waals surface area contributed by atoms with Gasteiger partial charge < -0.3 is 5.73 Å². The Hall–Kier alpha value is -1.76. The van der Waals surface area contributed by atoms with Gasteiger partial charge in [-0.2, -0.15) is 0 Å². The molecule has 0 atom stereocenters. The molecule has 0 fully saturated rings. The first-order valence-corrected chi connectivity index (χ1v) is 7.79. The molecule has 2 N–H and O–H groups in total. The summed E-state index contributed by atoms with van der Waals surface area (Å²) >= 11 is 0. The lowest BCUT2D eigenvalue weighted by molar-refractivity contribution is 0.666. The van der Waals surface area contributed by atoms with Crippen LogP contribution in [0.15, 0.2) is 36.4 Å². The molecule has 1 aliphatic rings. The second-order valence-corrected chi connectivity index (χ2v) is 5.80.